The number of ether oxygens (including phenoxy) is 1. The van der Waals surface area contributed by atoms with Gasteiger partial charge in [0.25, 0.3) is 0 Å². The molecule has 0 saturated carbocycles. The van der Waals surface area contributed by atoms with Gasteiger partial charge in [-0.25, -0.2) is 4.39 Å². The van der Waals surface area contributed by atoms with Crippen LogP contribution in [0.25, 0.3) is 0 Å². The van der Waals surface area contributed by atoms with Gasteiger partial charge in [-0.3, -0.25) is 4.99 Å². The van der Waals surface area contributed by atoms with E-state index in [4.69, 9.17) is 4.74 Å². The largest absolute Gasteiger partial charge is 0.497 e. The second-order valence-corrected chi connectivity index (χ2v) is 5.24. The number of halogens is 1. The summed E-state index contributed by atoms with van der Waals surface area (Å²) in [6.45, 7) is 1.22. The fourth-order valence-electron chi connectivity index (χ4n) is 2.33. The molecule has 5 heteroatoms. The van der Waals surface area contributed by atoms with Crippen molar-refractivity contribution in [1.29, 1.82) is 0 Å². The molecule has 0 heterocycles. The molecule has 0 aliphatic carbocycles. The second-order valence-electron chi connectivity index (χ2n) is 5.24. The number of hydrogen-bond acceptors (Lipinski definition) is 2. The van der Waals surface area contributed by atoms with E-state index in [-0.39, 0.29) is 5.82 Å². The third kappa shape index (κ3) is 4.98. The highest BCUT2D eigenvalue weighted by atomic mass is 19.1. The molecule has 2 aromatic carbocycles. The molecule has 0 aromatic heterocycles. The van der Waals surface area contributed by atoms with Crippen molar-refractivity contribution >= 4 is 5.96 Å². The molecular weight excluding hydrogens is 293 g/mol. The van der Waals surface area contributed by atoms with Crippen molar-refractivity contribution in [3.8, 4) is 5.75 Å². The van der Waals surface area contributed by atoms with Gasteiger partial charge in [0.05, 0.1) is 7.11 Å². The predicted octanol–water partition coefficient (Wildman–Crippen LogP) is 3.04. The van der Waals surface area contributed by atoms with Gasteiger partial charge in [-0.05, 0) is 35.4 Å². The minimum Gasteiger partial charge on any atom is -0.497 e. The number of methoxy groups -OCH3 is 1. The molecule has 0 fully saturated rings. The van der Waals surface area contributed by atoms with E-state index in [0.29, 0.717) is 13.1 Å². The van der Waals surface area contributed by atoms with Gasteiger partial charge in [0, 0.05) is 27.2 Å². The monoisotopic (exact) mass is 315 g/mol. The van der Waals surface area contributed by atoms with Gasteiger partial charge in [-0.2, -0.15) is 0 Å². The Kier molecular flexibility index (Phi) is 5.97. The fourth-order valence-corrected chi connectivity index (χ4v) is 2.33. The number of nitrogens with zero attached hydrogens (tertiary/aromatic N) is 2. The maximum absolute atomic E-state index is 13.3. The maximum Gasteiger partial charge on any atom is 0.193 e. The highest BCUT2D eigenvalue weighted by molar-refractivity contribution is 5.79. The van der Waals surface area contributed by atoms with Gasteiger partial charge in [-0.15, -0.1) is 0 Å². The molecule has 0 aliphatic rings. The van der Waals surface area contributed by atoms with Crippen molar-refractivity contribution in [2.24, 2.45) is 4.99 Å². The molecule has 0 atom stereocenters. The van der Waals surface area contributed by atoms with E-state index < -0.39 is 0 Å². The van der Waals surface area contributed by atoms with E-state index >= 15 is 0 Å². The summed E-state index contributed by atoms with van der Waals surface area (Å²) in [5, 5.41) is 3.30. The van der Waals surface area contributed by atoms with Crippen molar-refractivity contribution in [2.45, 2.75) is 13.1 Å². The molecule has 2 aromatic rings. The lowest BCUT2D eigenvalue weighted by molar-refractivity contribution is 0.414. The number of benzene rings is 2. The summed E-state index contributed by atoms with van der Waals surface area (Å²) < 4.78 is 18.5. The van der Waals surface area contributed by atoms with Crippen LogP contribution in [0.3, 0.4) is 0 Å². The zero-order chi connectivity index (χ0) is 16.7. The maximum atomic E-state index is 13.3. The van der Waals surface area contributed by atoms with E-state index in [0.717, 1.165) is 22.8 Å². The van der Waals surface area contributed by atoms with Crippen LogP contribution in [0.1, 0.15) is 11.1 Å². The number of rotatable bonds is 5. The number of nitrogens with one attached hydrogen (secondary N) is 1. The Morgan fingerprint density at radius 2 is 1.91 bits per heavy atom. The van der Waals surface area contributed by atoms with Crippen LogP contribution in [0.15, 0.2) is 53.5 Å². The summed E-state index contributed by atoms with van der Waals surface area (Å²) in [4.78, 5) is 6.22. The average molecular weight is 315 g/mol. The van der Waals surface area contributed by atoms with Crippen LogP contribution in [-0.2, 0) is 13.1 Å². The Labute approximate surface area is 136 Å². The zero-order valence-corrected chi connectivity index (χ0v) is 13.7. The number of aliphatic imine (C=N–C) groups is 1. The summed E-state index contributed by atoms with van der Waals surface area (Å²) in [6.07, 6.45) is 0. The third-order valence-electron chi connectivity index (χ3n) is 3.47. The Hall–Kier alpha value is -2.56. The Bertz CT molecular complexity index is 673. The molecule has 0 spiro atoms. The second kappa shape index (κ2) is 8.17. The average Bonchev–Trinajstić information content (AvgIpc) is 2.55. The first-order valence-electron chi connectivity index (χ1n) is 7.41. The smallest absolute Gasteiger partial charge is 0.193 e. The van der Waals surface area contributed by atoms with Gasteiger partial charge in [-0.1, -0.05) is 24.3 Å². The van der Waals surface area contributed by atoms with Crippen LogP contribution in [0, 0.1) is 5.82 Å². The Morgan fingerprint density at radius 3 is 2.61 bits per heavy atom. The lowest BCUT2D eigenvalue weighted by Crippen LogP contribution is -2.38. The van der Waals surface area contributed by atoms with E-state index in [1.165, 1.54) is 12.1 Å². The Balaban J connectivity index is 1.96. The topological polar surface area (TPSA) is 36.9 Å². The highest BCUT2D eigenvalue weighted by Crippen LogP contribution is 2.12. The summed E-state index contributed by atoms with van der Waals surface area (Å²) >= 11 is 0. The normalized spacial score (nSPS) is 11.2. The first-order valence-corrected chi connectivity index (χ1v) is 7.41. The molecule has 0 unspecified atom stereocenters. The van der Waals surface area contributed by atoms with Crippen LogP contribution >= 0.6 is 0 Å². The predicted molar refractivity (Wildman–Crippen MR) is 91.1 cm³/mol. The summed E-state index contributed by atoms with van der Waals surface area (Å²) in [5.74, 6) is 1.35. The minimum atomic E-state index is -0.227. The summed E-state index contributed by atoms with van der Waals surface area (Å²) in [7, 11) is 5.31. The van der Waals surface area contributed by atoms with E-state index in [9.17, 15) is 4.39 Å². The first kappa shape index (κ1) is 16.8. The molecule has 2 rings (SSSR count). The molecule has 0 aliphatic heterocycles. The van der Waals surface area contributed by atoms with E-state index in [1.54, 1.807) is 20.2 Å². The molecule has 4 nitrogen and oxygen atoms in total. The third-order valence-corrected chi connectivity index (χ3v) is 3.47. The van der Waals surface area contributed by atoms with E-state index in [1.807, 2.05) is 42.3 Å². The van der Waals surface area contributed by atoms with Crippen LogP contribution in [0.2, 0.25) is 0 Å². The molecule has 23 heavy (non-hydrogen) atoms. The molecule has 0 amide bonds. The Morgan fingerprint density at radius 1 is 1.17 bits per heavy atom. The highest BCUT2D eigenvalue weighted by Gasteiger charge is 2.07. The van der Waals surface area contributed by atoms with Crippen LogP contribution < -0.4 is 10.1 Å². The van der Waals surface area contributed by atoms with Crippen LogP contribution in [0.5, 0.6) is 5.75 Å². The molecule has 122 valence electrons. The molecule has 0 bridgehead atoms. The van der Waals surface area contributed by atoms with Crippen molar-refractivity contribution in [1.82, 2.24) is 10.2 Å². The lowest BCUT2D eigenvalue weighted by Gasteiger charge is -2.22. The van der Waals surface area contributed by atoms with E-state index in [2.05, 4.69) is 10.3 Å². The van der Waals surface area contributed by atoms with Crippen molar-refractivity contribution < 1.29 is 9.13 Å². The van der Waals surface area contributed by atoms with Crippen molar-refractivity contribution in [2.75, 3.05) is 21.2 Å². The van der Waals surface area contributed by atoms with Crippen molar-refractivity contribution in [3.05, 3.63) is 65.5 Å². The molecule has 1 N–H and O–H groups in total. The zero-order valence-electron chi connectivity index (χ0n) is 13.7. The number of guanidine groups is 1. The number of hydrogen-bond donors (Lipinski definition) is 1. The molecular formula is C18H22FN3O. The fraction of sp³-hybridized carbons (Fsp3) is 0.278. The van der Waals surface area contributed by atoms with Gasteiger partial charge in [0.1, 0.15) is 11.6 Å². The van der Waals surface area contributed by atoms with Gasteiger partial charge >= 0.3 is 0 Å². The van der Waals surface area contributed by atoms with Crippen molar-refractivity contribution in [3.63, 3.8) is 0 Å². The minimum absolute atomic E-state index is 0.227. The van der Waals surface area contributed by atoms with Crippen LogP contribution in [-0.4, -0.2) is 32.1 Å². The first-order chi connectivity index (χ1) is 11.1. The molecule has 0 saturated heterocycles. The SMILES string of the molecule is CN=C(NCc1cccc(OC)c1)N(C)Cc1cccc(F)c1. The van der Waals surface area contributed by atoms with Gasteiger partial charge in [0.2, 0.25) is 0 Å². The summed E-state index contributed by atoms with van der Waals surface area (Å²) in [6, 6.07) is 14.5. The molecule has 0 radical (unpaired) electrons. The van der Waals surface area contributed by atoms with Gasteiger partial charge in [0.15, 0.2) is 5.96 Å². The summed E-state index contributed by atoms with van der Waals surface area (Å²) in [5.41, 5.74) is 2.00. The van der Waals surface area contributed by atoms with Gasteiger partial charge < -0.3 is 15.0 Å². The lowest BCUT2D eigenvalue weighted by atomic mass is 10.2. The standard InChI is InChI=1S/C18H22FN3O/c1-20-18(21-12-14-6-5-9-17(11-14)23-3)22(2)13-15-7-4-8-16(19)10-15/h4-11H,12-13H2,1-3H3,(H,20,21). The quantitative estimate of drug-likeness (QED) is 0.680. The van der Waals surface area contributed by atoms with Crippen LogP contribution in [0.4, 0.5) is 4.39 Å².